The Hall–Kier alpha value is -1.84. The molecule has 0 atom stereocenters. The van der Waals surface area contributed by atoms with Gasteiger partial charge in [0.15, 0.2) is 5.78 Å². The zero-order chi connectivity index (χ0) is 12.3. The molecular weight excluding hydrogens is 204 g/mol. The first-order valence-corrected chi connectivity index (χ1v) is 5.13. The molecule has 0 heterocycles. The third-order valence-electron chi connectivity index (χ3n) is 2.21. The van der Waals surface area contributed by atoms with Gasteiger partial charge in [0.1, 0.15) is 0 Å². The number of amides is 1. The Morgan fingerprint density at radius 3 is 2.44 bits per heavy atom. The van der Waals surface area contributed by atoms with Gasteiger partial charge in [-0.05, 0) is 25.1 Å². The fraction of sp³-hybridized carbons (Fsp3) is 0.333. The average Bonchev–Trinajstić information content (AvgIpc) is 2.16. The average molecular weight is 220 g/mol. The van der Waals surface area contributed by atoms with Crippen LogP contribution in [-0.4, -0.2) is 11.7 Å². The van der Waals surface area contributed by atoms with Gasteiger partial charge < -0.3 is 11.1 Å². The van der Waals surface area contributed by atoms with Gasteiger partial charge in [-0.15, -0.1) is 0 Å². The van der Waals surface area contributed by atoms with Crippen LogP contribution in [0.4, 0.5) is 11.4 Å². The van der Waals surface area contributed by atoms with E-state index in [4.69, 9.17) is 5.73 Å². The van der Waals surface area contributed by atoms with Crippen molar-refractivity contribution in [3.05, 3.63) is 23.8 Å². The maximum absolute atomic E-state index is 11.5. The highest BCUT2D eigenvalue weighted by molar-refractivity contribution is 6.04. The quantitative estimate of drug-likeness (QED) is 0.605. The maximum atomic E-state index is 11.5. The lowest BCUT2D eigenvalue weighted by molar-refractivity contribution is -0.118. The van der Waals surface area contributed by atoms with Gasteiger partial charge in [0.2, 0.25) is 5.91 Å². The molecule has 3 N–H and O–H groups in total. The highest BCUT2D eigenvalue weighted by Crippen LogP contribution is 2.20. The summed E-state index contributed by atoms with van der Waals surface area (Å²) in [5, 5.41) is 2.69. The fourth-order valence-corrected chi connectivity index (χ4v) is 1.25. The number of hydrogen-bond donors (Lipinski definition) is 2. The molecule has 1 rings (SSSR count). The molecule has 0 fully saturated rings. The Morgan fingerprint density at radius 2 is 1.94 bits per heavy atom. The van der Waals surface area contributed by atoms with Crippen LogP contribution in [0, 0.1) is 5.92 Å². The van der Waals surface area contributed by atoms with Gasteiger partial charge in [-0.3, -0.25) is 9.59 Å². The number of nitrogens with one attached hydrogen (secondary N) is 1. The maximum Gasteiger partial charge on any atom is 0.226 e. The molecule has 0 aliphatic carbocycles. The van der Waals surface area contributed by atoms with E-state index in [-0.39, 0.29) is 17.6 Å². The molecule has 0 spiro atoms. The summed E-state index contributed by atoms with van der Waals surface area (Å²) in [6.45, 7) is 5.03. The number of benzene rings is 1. The summed E-state index contributed by atoms with van der Waals surface area (Å²) in [6.07, 6.45) is 0. The monoisotopic (exact) mass is 220 g/mol. The molecule has 1 amide bonds. The van der Waals surface area contributed by atoms with Crippen LogP contribution in [0.2, 0.25) is 0 Å². The number of Topliss-reactive ketones (excluding diaryl/α,β-unsaturated/α-hetero) is 1. The van der Waals surface area contributed by atoms with Gasteiger partial charge in [-0.2, -0.15) is 0 Å². The van der Waals surface area contributed by atoms with Crippen molar-refractivity contribution in [3.63, 3.8) is 0 Å². The lowest BCUT2D eigenvalue weighted by Gasteiger charge is -2.11. The van der Waals surface area contributed by atoms with Crippen LogP contribution >= 0.6 is 0 Å². The number of hydrogen-bond acceptors (Lipinski definition) is 3. The van der Waals surface area contributed by atoms with Crippen molar-refractivity contribution < 1.29 is 9.59 Å². The summed E-state index contributed by atoms with van der Waals surface area (Å²) in [7, 11) is 0. The smallest absolute Gasteiger partial charge is 0.226 e. The van der Waals surface area contributed by atoms with Crippen LogP contribution in [0.5, 0.6) is 0 Å². The summed E-state index contributed by atoms with van der Waals surface area (Å²) in [4.78, 5) is 22.9. The van der Waals surface area contributed by atoms with E-state index in [9.17, 15) is 9.59 Å². The molecule has 4 nitrogen and oxygen atoms in total. The minimum absolute atomic E-state index is 0.0981. The summed E-state index contributed by atoms with van der Waals surface area (Å²) in [5.74, 6) is -0.367. The summed E-state index contributed by atoms with van der Waals surface area (Å²) in [5.41, 5.74) is 7.09. The molecular formula is C12H16N2O2. The first-order valence-electron chi connectivity index (χ1n) is 5.13. The highest BCUT2D eigenvalue weighted by atomic mass is 16.2. The molecule has 0 saturated heterocycles. The molecule has 0 saturated carbocycles. The zero-order valence-electron chi connectivity index (χ0n) is 9.70. The first-order chi connectivity index (χ1) is 7.41. The summed E-state index contributed by atoms with van der Waals surface area (Å²) < 4.78 is 0. The Labute approximate surface area is 94.8 Å². The number of carbonyl (C=O) groups is 2. The van der Waals surface area contributed by atoms with E-state index in [2.05, 4.69) is 5.32 Å². The van der Waals surface area contributed by atoms with E-state index in [1.54, 1.807) is 32.0 Å². The second-order valence-corrected chi connectivity index (χ2v) is 4.01. The number of nitrogens with two attached hydrogens (primary N) is 1. The SMILES string of the molecule is CC(=O)c1ccc(N)cc1NC(=O)C(C)C. The Balaban J connectivity index is 3.06. The fourth-order valence-electron chi connectivity index (χ4n) is 1.25. The van der Waals surface area contributed by atoms with Crippen molar-refractivity contribution in [3.8, 4) is 0 Å². The Morgan fingerprint density at radius 1 is 1.31 bits per heavy atom. The number of rotatable bonds is 3. The van der Waals surface area contributed by atoms with E-state index in [1.807, 2.05) is 0 Å². The molecule has 0 unspecified atom stereocenters. The van der Waals surface area contributed by atoms with Crippen molar-refractivity contribution in [1.82, 2.24) is 0 Å². The molecule has 0 radical (unpaired) electrons. The minimum Gasteiger partial charge on any atom is -0.399 e. The van der Waals surface area contributed by atoms with Crippen molar-refractivity contribution in [2.24, 2.45) is 5.92 Å². The normalized spacial score (nSPS) is 10.2. The van der Waals surface area contributed by atoms with Gasteiger partial charge in [0.05, 0.1) is 5.69 Å². The molecule has 0 aliphatic rings. The standard InChI is InChI=1S/C12H16N2O2/c1-7(2)12(16)14-11-6-9(13)4-5-10(11)8(3)15/h4-7H,13H2,1-3H3,(H,14,16). The van der Waals surface area contributed by atoms with Crippen molar-refractivity contribution >= 4 is 23.1 Å². The van der Waals surface area contributed by atoms with Crippen molar-refractivity contribution in [1.29, 1.82) is 0 Å². The van der Waals surface area contributed by atoms with Crippen molar-refractivity contribution in [2.75, 3.05) is 11.1 Å². The number of carbonyl (C=O) groups excluding carboxylic acids is 2. The van der Waals surface area contributed by atoms with Gasteiger partial charge in [0.25, 0.3) is 0 Å². The van der Waals surface area contributed by atoms with E-state index in [0.717, 1.165) is 0 Å². The summed E-state index contributed by atoms with van der Waals surface area (Å²) in [6, 6.07) is 4.85. The van der Waals surface area contributed by atoms with E-state index >= 15 is 0 Å². The number of anilines is 2. The molecule has 1 aromatic rings. The molecule has 86 valence electrons. The second kappa shape index (κ2) is 4.79. The Bertz CT molecular complexity index is 425. The molecule has 0 bridgehead atoms. The van der Waals surface area contributed by atoms with E-state index < -0.39 is 0 Å². The predicted molar refractivity (Wildman–Crippen MR) is 64.3 cm³/mol. The second-order valence-electron chi connectivity index (χ2n) is 4.01. The van der Waals surface area contributed by atoms with Crippen LogP contribution in [0.3, 0.4) is 0 Å². The molecule has 4 heteroatoms. The van der Waals surface area contributed by atoms with Crippen LogP contribution < -0.4 is 11.1 Å². The first kappa shape index (κ1) is 12.2. The molecule has 0 aromatic heterocycles. The van der Waals surface area contributed by atoms with Gasteiger partial charge in [-0.25, -0.2) is 0 Å². The summed E-state index contributed by atoms with van der Waals surface area (Å²) >= 11 is 0. The van der Waals surface area contributed by atoms with Crippen LogP contribution in [0.1, 0.15) is 31.1 Å². The van der Waals surface area contributed by atoms with E-state index in [0.29, 0.717) is 16.9 Å². The van der Waals surface area contributed by atoms with Gasteiger partial charge in [0, 0.05) is 17.2 Å². The largest absolute Gasteiger partial charge is 0.399 e. The third-order valence-corrected chi connectivity index (χ3v) is 2.21. The number of nitrogen functional groups attached to an aromatic ring is 1. The van der Waals surface area contributed by atoms with Crippen LogP contribution in [0.15, 0.2) is 18.2 Å². The molecule has 16 heavy (non-hydrogen) atoms. The van der Waals surface area contributed by atoms with E-state index in [1.165, 1.54) is 6.92 Å². The predicted octanol–water partition coefficient (Wildman–Crippen LogP) is 2.07. The molecule has 0 aliphatic heterocycles. The Kier molecular flexibility index (Phi) is 3.66. The van der Waals surface area contributed by atoms with Crippen LogP contribution in [0.25, 0.3) is 0 Å². The lowest BCUT2D eigenvalue weighted by atomic mass is 10.1. The van der Waals surface area contributed by atoms with Crippen molar-refractivity contribution in [2.45, 2.75) is 20.8 Å². The minimum atomic E-state index is -0.138. The number of ketones is 1. The lowest BCUT2D eigenvalue weighted by Crippen LogP contribution is -2.19. The topological polar surface area (TPSA) is 72.2 Å². The molecule has 1 aromatic carbocycles. The third kappa shape index (κ3) is 2.82. The zero-order valence-corrected chi connectivity index (χ0v) is 9.70. The highest BCUT2D eigenvalue weighted by Gasteiger charge is 2.12. The van der Waals surface area contributed by atoms with Gasteiger partial charge in [-0.1, -0.05) is 13.8 Å². The van der Waals surface area contributed by atoms with Crippen LogP contribution in [-0.2, 0) is 4.79 Å². The van der Waals surface area contributed by atoms with Gasteiger partial charge >= 0.3 is 0 Å².